The van der Waals surface area contributed by atoms with Crippen LogP contribution in [0.15, 0.2) is 83.7 Å². The van der Waals surface area contributed by atoms with Crippen molar-refractivity contribution >= 4 is 23.2 Å². The van der Waals surface area contributed by atoms with Gasteiger partial charge in [0.1, 0.15) is 17.7 Å². The Morgan fingerprint density at radius 1 is 1.20 bits per heavy atom. The minimum Gasteiger partial charge on any atom is -0.361 e. The molecule has 2 aliphatic rings. The number of pyridine rings is 1. The summed E-state index contributed by atoms with van der Waals surface area (Å²) in [6.07, 6.45) is 10.3. The Kier molecular flexibility index (Phi) is 9.87. The fraction of sp³-hybridized carbons (Fsp3) is 0.375. The topological polar surface area (TPSA) is 108 Å². The maximum absolute atomic E-state index is 13.4. The summed E-state index contributed by atoms with van der Waals surface area (Å²) < 4.78 is 0. The molecule has 3 N–H and O–H groups in total. The molecule has 1 aliphatic heterocycles. The summed E-state index contributed by atoms with van der Waals surface area (Å²) in [6.45, 7) is 9.06. The predicted molar refractivity (Wildman–Crippen MR) is 161 cm³/mol. The zero-order valence-corrected chi connectivity index (χ0v) is 23.7. The van der Waals surface area contributed by atoms with Gasteiger partial charge >= 0.3 is 0 Å². The molecule has 4 rings (SSSR count). The average molecular weight is 538 g/mol. The molecule has 8 nitrogen and oxygen atoms in total. The van der Waals surface area contributed by atoms with Gasteiger partial charge in [0.25, 0.3) is 0 Å². The van der Waals surface area contributed by atoms with Gasteiger partial charge in [-0.05, 0) is 50.8 Å². The minimum absolute atomic E-state index is 0.0494. The molecule has 0 bridgehead atoms. The number of aromatic nitrogens is 1. The number of amides is 1. The number of nitriles is 1. The van der Waals surface area contributed by atoms with Crippen LogP contribution in [-0.2, 0) is 4.79 Å². The summed E-state index contributed by atoms with van der Waals surface area (Å²) >= 11 is 0. The third-order valence-corrected chi connectivity index (χ3v) is 7.68. The fourth-order valence-corrected chi connectivity index (χ4v) is 4.94. The summed E-state index contributed by atoms with van der Waals surface area (Å²) in [6, 6.07) is 15.2. The van der Waals surface area contributed by atoms with Crippen molar-refractivity contribution in [1.82, 2.24) is 15.2 Å². The largest absolute Gasteiger partial charge is 0.361 e. The highest BCUT2D eigenvalue weighted by Gasteiger charge is 2.24. The highest BCUT2D eigenvalue weighted by Crippen LogP contribution is 2.23. The summed E-state index contributed by atoms with van der Waals surface area (Å²) in [7, 11) is 0. The molecular weight excluding hydrogens is 498 g/mol. The van der Waals surface area contributed by atoms with Crippen molar-refractivity contribution < 1.29 is 4.79 Å². The van der Waals surface area contributed by atoms with Gasteiger partial charge < -0.3 is 20.4 Å². The zero-order valence-electron chi connectivity index (χ0n) is 23.7. The first-order valence-corrected chi connectivity index (χ1v) is 14.0. The van der Waals surface area contributed by atoms with Crippen molar-refractivity contribution in [2.75, 3.05) is 36.4 Å². The second kappa shape index (κ2) is 13.7. The fourth-order valence-electron chi connectivity index (χ4n) is 4.94. The third-order valence-electron chi connectivity index (χ3n) is 7.68. The molecule has 1 aliphatic carbocycles. The lowest BCUT2D eigenvalue weighted by Gasteiger charge is -2.38. The van der Waals surface area contributed by atoms with Crippen molar-refractivity contribution in [3.63, 3.8) is 0 Å². The average Bonchev–Trinajstić information content (AvgIpc) is 2.99. The second-order valence-electron chi connectivity index (χ2n) is 10.3. The van der Waals surface area contributed by atoms with Crippen LogP contribution in [0, 0.1) is 22.7 Å². The molecule has 2 unspecified atom stereocenters. The van der Waals surface area contributed by atoms with Gasteiger partial charge in [-0.25, -0.2) is 4.98 Å². The Morgan fingerprint density at radius 2 is 2.00 bits per heavy atom. The molecule has 8 heteroatoms. The highest BCUT2D eigenvalue weighted by molar-refractivity contribution is 5.95. The predicted octanol–water partition coefficient (Wildman–Crippen LogP) is 5.57. The van der Waals surface area contributed by atoms with E-state index in [0.29, 0.717) is 24.7 Å². The molecule has 1 aromatic carbocycles. The molecule has 1 fully saturated rings. The molecule has 0 radical (unpaired) electrons. The summed E-state index contributed by atoms with van der Waals surface area (Å²) in [5, 5.41) is 24.0. The monoisotopic (exact) mass is 537 g/mol. The Hall–Kier alpha value is -4.22. The SMILES string of the molecule is CC/C(C)=C(\C)N1CCN(c2ccc(NC(=O)C(NCCC3=CCC(C#N)C=C3)c3ccccc3)nc2)CC1=N. The number of anilines is 2. The summed E-state index contributed by atoms with van der Waals surface area (Å²) in [4.78, 5) is 22.1. The number of rotatable bonds is 10. The Labute approximate surface area is 237 Å². The molecule has 2 aromatic rings. The van der Waals surface area contributed by atoms with Crippen molar-refractivity contribution in [1.29, 1.82) is 10.7 Å². The van der Waals surface area contributed by atoms with Crippen molar-refractivity contribution in [3.05, 3.63) is 89.3 Å². The lowest BCUT2D eigenvalue weighted by Crippen LogP contribution is -2.49. The molecule has 2 heterocycles. The number of piperazine rings is 1. The first-order valence-electron chi connectivity index (χ1n) is 14.0. The Morgan fingerprint density at radius 3 is 2.62 bits per heavy atom. The van der Waals surface area contributed by atoms with Gasteiger partial charge in [0.15, 0.2) is 0 Å². The van der Waals surface area contributed by atoms with Crippen molar-refractivity contribution in [3.8, 4) is 6.07 Å². The molecular formula is C32H39N7O. The summed E-state index contributed by atoms with van der Waals surface area (Å²) in [5.41, 5.74) is 5.46. The number of hydrogen-bond acceptors (Lipinski definition) is 6. The number of nitrogens with one attached hydrogen (secondary N) is 3. The quantitative estimate of drug-likeness (QED) is 0.366. The number of carbonyl (C=O) groups excluding carboxylic acids is 1. The van der Waals surface area contributed by atoms with Crippen LogP contribution in [0.5, 0.6) is 0 Å². The number of allylic oxidation sites excluding steroid dienone is 5. The van der Waals surface area contributed by atoms with E-state index >= 15 is 0 Å². The molecule has 208 valence electrons. The number of carbonyl (C=O) groups is 1. The molecule has 40 heavy (non-hydrogen) atoms. The normalized spacial score (nSPS) is 18.5. The standard InChI is InChI=1S/C32H39N7O/c1-4-23(2)24(3)39-19-18-38(22-29(39)34)28-14-15-30(36-21-28)37-32(40)31(27-8-6-5-7-9-27)35-17-16-25-10-12-26(20-33)13-11-25/h5-12,14-15,21,26,31,34-35H,4,13,16-19,22H2,1-3H3,(H,36,37,40)/b24-23+,34-29?. The van der Waals surface area contributed by atoms with Gasteiger partial charge in [-0.3, -0.25) is 10.2 Å². The molecule has 1 amide bonds. The molecule has 2 atom stereocenters. The van der Waals surface area contributed by atoms with E-state index in [1.54, 1.807) is 6.20 Å². The number of nitrogens with zero attached hydrogens (tertiary/aromatic N) is 4. The van der Waals surface area contributed by atoms with E-state index in [-0.39, 0.29) is 11.8 Å². The van der Waals surface area contributed by atoms with Crippen molar-refractivity contribution in [2.45, 2.75) is 46.1 Å². The van der Waals surface area contributed by atoms with E-state index in [1.807, 2.05) is 54.6 Å². The van der Waals surface area contributed by atoms with Gasteiger partial charge in [-0.1, -0.05) is 66.6 Å². The van der Waals surface area contributed by atoms with Gasteiger partial charge in [0.2, 0.25) is 5.91 Å². The van der Waals surface area contributed by atoms with E-state index in [2.05, 4.69) is 58.3 Å². The van der Waals surface area contributed by atoms with Crippen LogP contribution >= 0.6 is 0 Å². The van der Waals surface area contributed by atoms with Crippen LogP contribution in [0.1, 0.15) is 51.6 Å². The van der Waals surface area contributed by atoms with E-state index in [4.69, 9.17) is 10.7 Å². The van der Waals surface area contributed by atoms with E-state index in [0.717, 1.165) is 43.6 Å². The van der Waals surface area contributed by atoms with Crippen LogP contribution < -0.4 is 15.5 Å². The number of hydrogen-bond donors (Lipinski definition) is 3. The molecule has 0 saturated carbocycles. The van der Waals surface area contributed by atoms with Crippen LogP contribution in [0.4, 0.5) is 11.5 Å². The van der Waals surface area contributed by atoms with E-state index in [9.17, 15) is 4.79 Å². The highest BCUT2D eigenvalue weighted by atomic mass is 16.2. The number of amidine groups is 1. The van der Waals surface area contributed by atoms with Crippen LogP contribution in [0.25, 0.3) is 0 Å². The van der Waals surface area contributed by atoms with Crippen LogP contribution in [-0.4, -0.2) is 47.8 Å². The summed E-state index contributed by atoms with van der Waals surface area (Å²) in [5.74, 6) is 0.845. The van der Waals surface area contributed by atoms with Gasteiger partial charge in [0, 0.05) is 25.3 Å². The molecule has 0 spiro atoms. The zero-order chi connectivity index (χ0) is 28.5. The Balaban J connectivity index is 1.36. The first-order chi connectivity index (χ1) is 19.4. The van der Waals surface area contributed by atoms with Gasteiger partial charge in [-0.2, -0.15) is 5.26 Å². The first kappa shape index (κ1) is 28.8. The van der Waals surface area contributed by atoms with Gasteiger partial charge in [0.05, 0.1) is 30.4 Å². The van der Waals surface area contributed by atoms with E-state index in [1.165, 1.54) is 16.8 Å². The number of benzene rings is 1. The Bertz CT molecular complexity index is 1320. The molecule has 1 aromatic heterocycles. The lowest BCUT2D eigenvalue weighted by molar-refractivity contribution is -0.118. The van der Waals surface area contributed by atoms with E-state index < -0.39 is 6.04 Å². The van der Waals surface area contributed by atoms with Crippen LogP contribution in [0.2, 0.25) is 0 Å². The lowest BCUT2D eigenvalue weighted by atomic mass is 9.96. The molecule has 1 saturated heterocycles. The second-order valence-corrected chi connectivity index (χ2v) is 10.3. The maximum Gasteiger partial charge on any atom is 0.247 e. The minimum atomic E-state index is -0.529. The van der Waals surface area contributed by atoms with Crippen molar-refractivity contribution in [2.24, 2.45) is 5.92 Å². The maximum atomic E-state index is 13.4. The third kappa shape index (κ3) is 7.25. The van der Waals surface area contributed by atoms with Gasteiger partial charge in [-0.15, -0.1) is 0 Å². The van der Waals surface area contributed by atoms with Crippen LogP contribution in [0.3, 0.4) is 0 Å². The smallest absolute Gasteiger partial charge is 0.247 e.